The molecule has 3 rings (SSSR count). The monoisotopic (exact) mass is 482 g/mol. The van der Waals surface area contributed by atoms with E-state index in [4.69, 9.17) is 14.2 Å². The second-order valence-corrected chi connectivity index (χ2v) is 7.45. The van der Waals surface area contributed by atoms with Gasteiger partial charge in [-0.15, -0.1) is 0 Å². The van der Waals surface area contributed by atoms with Gasteiger partial charge in [0.05, 0.1) is 23.2 Å². The van der Waals surface area contributed by atoms with Gasteiger partial charge in [0.25, 0.3) is 0 Å². The number of carbonyl (C=O) groups is 2. The SMILES string of the molecule is CCOc1cc(C(=O)OCC(=O)c2ccc(-c3ccccc3)cc2)cc(Br)c1OCC. The van der Waals surface area contributed by atoms with E-state index in [1.807, 2.05) is 56.3 Å². The summed E-state index contributed by atoms with van der Waals surface area (Å²) in [5, 5.41) is 0. The normalized spacial score (nSPS) is 10.4. The van der Waals surface area contributed by atoms with Crippen LogP contribution in [-0.4, -0.2) is 31.6 Å². The Balaban J connectivity index is 1.67. The summed E-state index contributed by atoms with van der Waals surface area (Å²) >= 11 is 3.40. The molecule has 0 saturated carbocycles. The highest BCUT2D eigenvalue weighted by Crippen LogP contribution is 2.37. The molecule has 0 aliphatic rings. The maximum Gasteiger partial charge on any atom is 0.338 e. The Kier molecular flexibility index (Phi) is 7.84. The summed E-state index contributed by atoms with van der Waals surface area (Å²) in [4.78, 5) is 25.0. The first kappa shape index (κ1) is 22.6. The lowest BCUT2D eigenvalue weighted by Gasteiger charge is -2.14. The van der Waals surface area contributed by atoms with Gasteiger partial charge in [0.1, 0.15) is 0 Å². The van der Waals surface area contributed by atoms with Gasteiger partial charge >= 0.3 is 5.97 Å². The second-order valence-electron chi connectivity index (χ2n) is 6.59. The van der Waals surface area contributed by atoms with Gasteiger partial charge in [-0.2, -0.15) is 0 Å². The Morgan fingerprint density at radius 3 is 2.10 bits per heavy atom. The van der Waals surface area contributed by atoms with Crippen LogP contribution in [0.2, 0.25) is 0 Å². The molecule has 0 heterocycles. The van der Waals surface area contributed by atoms with Crippen LogP contribution in [0.3, 0.4) is 0 Å². The molecule has 5 nitrogen and oxygen atoms in total. The summed E-state index contributed by atoms with van der Waals surface area (Å²) in [5.74, 6) is 0.0749. The summed E-state index contributed by atoms with van der Waals surface area (Å²) in [5.41, 5.74) is 2.83. The van der Waals surface area contributed by atoms with Crippen molar-refractivity contribution in [1.82, 2.24) is 0 Å². The van der Waals surface area contributed by atoms with E-state index in [0.717, 1.165) is 11.1 Å². The quantitative estimate of drug-likeness (QED) is 0.278. The van der Waals surface area contributed by atoms with Crippen molar-refractivity contribution in [1.29, 1.82) is 0 Å². The van der Waals surface area contributed by atoms with E-state index in [0.29, 0.717) is 34.7 Å². The highest BCUT2D eigenvalue weighted by Gasteiger charge is 2.18. The van der Waals surface area contributed by atoms with Crippen molar-refractivity contribution in [3.63, 3.8) is 0 Å². The van der Waals surface area contributed by atoms with Crippen LogP contribution in [0.15, 0.2) is 71.2 Å². The summed E-state index contributed by atoms with van der Waals surface area (Å²) in [6, 6.07) is 20.3. The second kappa shape index (κ2) is 10.8. The minimum absolute atomic E-state index is 0.269. The van der Waals surface area contributed by atoms with E-state index >= 15 is 0 Å². The fourth-order valence-electron chi connectivity index (χ4n) is 3.01. The molecule has 3 aromatic rings. The molecule has 0 aliphatic heterocycles. The molecular formula is C25H23BrO5. The van der Waals surface area contributed by atoms with Crippen LogP contribution in [0.5, 0.6) is 11.5 Å². The zero-order chi connectivity index (χ0) is 22.2. The lowest BCUT2D eigenvalue weighted by Crippen LogP contribution is -2.14. The maximum absolute atomic E-state index is 12.5. The fourth-order valence-corrected chi connectivity index (χ4v) is 3.57. The van der Waals surface area contributed by atoms with Crippen molar-refractivity contribution in [2.45, 2.75) is 13.8 Å². The Morgan fingerprint density at radius 1 is 0.806 bits per heavy atom. The van der Waals surface area contributed by atoms with Crippen molar-refractivity contribution >= 4 is 27.7 Å². The third kappa shape index (κ3) is 5.73. The third-order valence-corrected chi connectivity index (χ3v) is 5.07. The zero-order valence-electron chi connectivity index (χ0n) is 17.4. The predicted octanol–water partition coefficient (Wildman–Crippen LogP) is 5.95. The smallest absolute Gasteiger partial charge is 0.338 e. The van der Waals surface area contributed by atoms with Crippen molar-refractivity contribution in [3.8, 4) is 22.6 Å². The Hall–Kier alpha value is -3.12. The molecular weight excluding hydrogens is 460 g/mol. The first-order valence-corrected chi connectivity index (χ1v) is 10.8. The standard InChI is InChI=1S/C25H23BrO5/c1-3-29-23-15-20(14-21(26)24(23)30-4-2)25(28)31-16-22(27)19-12-10-18(11-13-19)17-8-6-5-7-9-17/h5-15H,3-4,16H2,1-2H3. The van der Waals surface area contributed by atoms with Crippen molar-refractivity contribution < 1.29 is 23.8 Å². The number of carbonyl (C=O) groups excluding carboxylic acids is 2. The van der Waals surface area contributed by atoms with Crippen LogP contribution >= 0.6 is 15.9 Å². The first-order valence-electron chi connectivity index (χ1n) is 9.98. The minimum atomic E-state index is -0.612. The number of hydrogen-bond donors (Lipinski definition) is 0. The van der Waals surface area contributed by atoms with E-state index in [2.05, 4.69) is 15.9 Å². The average molecular weight is 483 g/mol. The Labute approximate surface area is 190 Å². The molecule has 3 aromatic carbocycles. The molecule has 0 spiro atoms. The van der Waals surface area contributed by atoms with E-state index in [1.54, 1.807) is 24.3 Å². The number of rotatable bonds is 9. The zero-order valence-corrected chi connectivity index (χ0v) is 19.0. The Bertz CT molecular complexity index is 1050. The van der Waals surface area contributed by atoms with E-state index in [-0.39, 0.29) is 18.0 Å². The van der Waals surface area contributed by atoms with E-state index in [9.17, 15) is 9.59 Å². The van der Waals surface area contributed by atoms with Gasteiger partial charge in [-0.25, -0.2) is 4.79 Å². The molecule has 6 heteroatoms. The molecule has 0 radical (unpaired) electrons. The molecule has 0 aromatic heterocycles. The highest BCUT2D eigenvalue weighted by atomic mass is 79.9. The van der Waals surface area contributed by atoms with Gasteiger partial charge in [-0.05, 0) is 53.0 Å². The van der Waals surface area contributed by atoms with Gasteiger partial charge in [0.2, 0.25) is 0 Å². The number of hydrogen-bond acceptors (Lipinski definition) is 5. The summed E-state index contributed by atoms with van der Waals surface area (Å²) in [7, 11) is 0. The van der Waals surface area contributed by atoms with Crippen LogP contribution in [0.25, 0.3) is 11.1 Å². The maximum atomic E-state index is 12.5. The van der Waals surface area contributed by atoms with Crippen LogP contribution in [0.4, 0.5) is 0 Å². The number of benzene rings is 3. The highest BCUT2D eigenvalue weighted by molar-refractivity contribution is 9.10. The molecule has 0 bridgehead atoms. The van der Waals surface area contributed by atoms with Crippen molar-refractivity contribution in [2.75, 3.05) is 19.8 Å². The summed E-state index contributed by atoms with van der Waals surface area (Å²) in [6.07, 6.45) is 0. The van der Waals surface area contributed by atoms with Crippen LogP contribution in [0.1, 0.15) is 34.6 Å². The lowest BCUT2D eigenvalue weighted by molar-refractivity contribution is 0.0474. The van der Waals surface area contributed by atoms with Gasteiger partial charge in [-0.1, -0.05) is 54.6 Å². The molecule has 31 heavy (non-hydrogen) atoms. The van der Waals surface area contributed by atoms with Crippen LogP contribution < -0.4 is 9.47 Å². The number of ketones is 1. The lowest BCUT2D eigenvalue weighted by atomic mass is 10.0. The summed E-state index contributed by atoms with van der Waals surface area (Å²) in [6.45, 7) is 4.24. The first-order chi connectivity index (χ1) is 15.0. The largest absolute Gasteiger partial charge is 0.490 e. The van der Waals surface area contributed by atoms with Gasteiger partial charge < -0.3 is 14.2 Å². The molecule has 0 amide bonds. The van der Waals surface area contributed by atoms with E-state index in [1.165, 1.54) is 0 Å². The molecule has 160 valence electrons. The molecule has 0 saturated heterocycles. The third-order valence-electron chi connectivity index (χ3n) is 4.48. The molecule has 0 N–H and O–H groups in total. The van der Waals surface area contributed by atoms with Gasteiger partial charge in [0.15, 0.2) is 23.9 Å². The van der Waals surface area contributed by atoms with Crippen LogP contribution in [0, 0.1) is 0 Å². The summed E-state index contributed by atoms with van der Waals surface area (Å²) < 4.78 is 17.0. The van der Waals surface area contributed by atoms with Crippen LogP contribution in [-0.2, 0) is 4.74 Å². The van der Waals surface area contributed by atoms with Crippen molar-refractivity contribution in [2.24, 2.45) is 0 Å². The Morgan fingerprint density at radius 2 is 1.45 bits per heavy atom. The number of Topliss-reactive ketones (excluding diaryl/α,β-unsaturated/α-hetero) is 1. The average Bonchev–Trinajstić information content (AvgIpc) is 2.80. The molecule has 0 aliphatic carbocycles. The number of halogens is 1. The number of esters is 1. The fraction of sp³-hybridized carbons (Fsp3) is 0.200. The topological polar surface area (TPSA) is 61.8 Å². The minimum Gasteiger partial charge on any atom is -0.490 e. The van der Waals surface area contributed by atoms with Gasteiger partial charge in [-0.3, -0.25) is 4.79 Å². The number of ether oxygens (including phenoxy) is 3. The molecule has 0 fully saturated rings. The molecule has 0 unspecified atom stereocenters. The van der Waals surface area contributed by atoms with Crippen molar-refractivity contribution in [3.05, 3.63) is 82.3 Å². The van der Waals surface area contributed by atoms with E-state index < -0.39 is 5.97 Å². The predicted molar refractivity (Wildman–Crippen MR) is 123 cm³/mol. The van der Waals surface area contributed by atoms with Gasteiger partial charge in [0, 0.05) is 5.56 Å². The molecule has 0 atom stereocenters.